The molecule has 60 valence electrons. The highest BCUT2D eigenvalue weighted by Crippen LogP contribution is 2.12. The number of hydrogen-bond acceptors (Lipinski definition) is 3. The highest BCUT2D eigenvalue weighted by atomic mass is 32.1. The van der Waals surface area contributed by atoms with Crippen molar-refractivity contribution in [3.8, 4) is 0 Å². The highest BCUT2D eigenvalue weighted by Gasteiger charge is 2.08. The highest BCUT2D eigenvalue weighted by molar-refractivity contribution is 8.11. The maximum absolute atomic E-state index is 5.52. The molecule has 0 bridgehead atoms. The van der Waals surface area contributed by atoms with Crippen molar-refractivity contribution in [1.82, 2.24) is 9.97 Å². The summed E-state index contributed by atoms with van der Waals surface area (Å²) in [5.41, 5.74) is 0.865. The Labute approximate surface area is 75.2 Å². The third-order valence-electron chi connectivity index (χ3n) is 1.24. The molecule has 0 unspecified atom stereocenters. The van der Waals surface area contributed by atoms with Gasteiger partial charge in [-0.25, -0.2) is 15.8 Å². The Morgan fingerprint density at radius 3 is 2.91 bits per heavy atom. The fourth-order valence-electron chi connectivity index (χ4n) is 0.685. The first-order chi connectivity index (χ1) is 5.13. The van der Waals surface area contributed by atoms with E-state index >= 15 is 0 Å². The van der Waals surface area contributed by atoms with E-state index in [4.69, 9.17) is 18.1 Å². The molecule has 0 radical (unpaired) electrons. The van der Waals surface area contributed by atoms with Crippen molar-refractivity contribution >= 4 is 35.0 Å². The number of aryl methyl sites for hydroxylation is 1. The van der Waals surface area contributed by atoms with Crippen LogP contribution in [-0.2, 0) is 0 Å². The summed E-state index contributed by atoms with van der Waals surface area (Å²) in [7, 11) is 0. The first-order valence-electron chi connectivity index (χ1n) is 2.90. The van der Waals surface area contributed by atoms with E-state index in [0.29, 0.717) is 10.1 Å². The lowest BCUT2D eigenvalue weighted by atomic mass is 10.5. The molecule has 1 aromatic heterocycles. The standard InChI is InChI=1S/C5H8N4S2/c1-3-4(8-2-7-3)9(6)5(10)11/h2H,6H2,1H3,(H,7,8)(H,10,11). The zero-order valence-electron chi connectivity index (χ0n) is 5.90. The molecule has 6 heteroatoms. The Morgan fingerprint density at radius 2 is 2.55 bits per heavy atom. The molecule has 0 aromatic carbocycles. The van der Waals surface area contributed by atoms with Gasteiger partial charge in [-0.2, -0.15) is 0 Å². The van der Waals surface area contributed by atoms with Gasteiger partial charge in [0.15, 0.2) is 10.1 Å². The fraction of sp³-hybridized carbons (Fsp3) is 0.200. The van der Waals surface area contributed by atoms with Gasteiger partial charge in [0.1, 0.15) is 0 Å². The molecule has 0 fully saturated rings. The van der Waals surface area contributed by atoms with Crippen LogP contribution in [0, 0.1) is 6.92 Å². The van der Waals surface area contributed by atoms with E-state index in [1.165, 1.54) is 5.01 Å². The van der Waals surface area contributed by atoms with Crippen LogP contribution in [0.4, 0.5) is 5.82 Å². The van der Waals surface area contributed by atoms with Crippen LogP contribution in [0.25, 0.3) is 0 Å². The van der Waals surface area contributed by atoms with Gasteiger partial charge in [0.05, 0.1) is 12.0 Å². The zero-order valence-corrected chi connectivity index (χ0v) is 7.62. The molecule has 0 aliphatic carbocycles. The number of hydrogen-bond donors (Lipinski definition) is 3. The summed E-state index contributed by atoms with van der Waals surface area (Å²) in [6, 6.07) is 0. The van der Waals surface area contributed by atoms with Crippen LogP contribution >= 0.6 is 24.8 Å². The molecule has 0 saturated heterocycles. The average molecular weight is 188 g/mol. The van der Waals surface area contributed by atoms with Gasteiger partial charge in [0.25, 0.3) is 0 Å². The summed E-state index contributed by atoms with van der Waals surface area (Å²) in [6.07, 6.45) is 1.55. The lowest BCUT2D eigenvalue weighted by Crippen LogP contribution is -2.33. The lowest BCUT2D eigenvalue weighted by Gasteiger charge is -2.12. The molecule has 0 amide bonds. The van der Waals surface area contributed by atoms with Gasteiger partial charge in [0, 0.05) is 0 Å². The van der Waals surface area contributed by atoms with Gasteiger partial charge in [-0.1, -0.05) is 12.2 Å². The monoisotopic (exact) mass is 188 g/mol. The first-order valence-corrected chi connectivity index (χ1v) is 3.76. The Morgan fingerprint density at radius 1 is 1.91 bits per heavy atom. The maximum atomic E-state index is 5.52. The Hall–Kier alpha value is -0.590. The molecule has 0 aliphatic heterocycles. The van der Waals surface area contributed by atoms with Crippen LogP contribution in [0.15, 0.2) is 6.33 Å². The van der Waals surface area contributed by atoms with Gasteiger partial charge in [0.2, 0.25) is 0 Å². The second-order valence-electron chi connectivity index (χ2n) is 2.00. The number of nitrogens with two attached hydrogens (primary N) is 1. The smallest absolute Gasteiger partial charge is 0.169 e. The number of aromatic amines is 1. The third kappa shape index (κ3) is 1.70. The molecule has 1 rings (SSSR count). The van der Waals surface area contributed by atoms with Crippen molar-refractivity contribution in [3.05, 3.63) is 12.0 Å². The van der Waals surface area contributed by atoms with Crippen LogP contribution in [0.5, 0.6) is 0 Å². The summed E-state index contributed by atoms with van der Waals surface area (Å²) in [5, 5.41) is 1.24. The average Bonchev–Trinajstić information content (AvgIpc) is 2.33. The predicted octanol–water partition coefficient (Wildman–Crippen LogP) is 0.613. The van der Waals surface area contributed by atoms with Crippen LogP contribution in [0.2, 0.25) is 0 Å². The number of thiol groups is 1. The van der Waals surface area contributed by atoms with Gasteiger partial charge in [-0.3, -0.25) is 0 Å². The summed E-state index contributed by atoms with van der Waals surface area (Å²) in [4.78, 5) is 6.82. The molecule has 1 aromatic rings. The fourth-order valence-corrected chi connectivity index (χ4v) is 0.866. The molecule has 0 aliphatic rings. The summed E-state index contributed by atoms with van der Waals surface area (Å²) < 4.78 is 0.292. The van der Waals surface area contributed by atoms with Gasteiger partial charge >= 0.3 is 0 Å². The minimum atomic E-state index is 0.292. The molecule has 0 spiro atoms. The van der Waals surface area contributed by atoms with Crippen molar-refractivity contribution in [2.75, 3.05) is 5.01 Å². The number of nitrogens with zero attached hydrogens (tertiary/aromatic N) is 2. The van der Waals surface area contributed by atoms with Gasteiger partial charge < -0.3 is 4.98 Å². The Bertz CT molecular complexity index is 269. The third-order valence-corrected chi connectivity index (χ3v) is 1.65. The van der Waals surface area contributed by atoms with Gasteiger partial charge in [-0.05, 0) is 6.92 Å². The van der Waals surface area contributed by atoms with E-state index in [9.17, 15) is 0 Å². The SMILES string of the molecule is Cc1[nH]cnc1N(N)C(=S)S. The van der Waals surface area contributed by atoms with Crippen molar-refractivity contribution in [2.45, 2.75) is 6.92 Å². The second-order valence-corrected chi connectivity index (χ2v) is 3.12. The van der Waals surface area contributed by atoms with Crippen LogP contribution < -0.4 is 10.9 Å². The summed E-state index contributed by atoms with van der Waals surface area (Å²) >= 11 is 8.64. The van der Waals surface area contributed by atoms with E-state index in [1.807, 2.05) is 6.92 Å². The number of thiocarbonyl (C=S) groups is 1. The number of anilines is 1. The second kappa shape index (κ2) is 3.21. The number of nitrogens with one attached hydrogen (secondary N) is 1. The number of rotatable bonds is 1. The normalized spacial score (nSPS) is 9.73. The molecule has 3 N–H and O–H groups in total. The van der Waals surface area contributed by atoms with Crippen molar-refractivity contribution in [3.63, 3.8) is 0 Å². The molecule has 11 heavy (non-hydrogen) atoms. The van der Waals surface area contributed by atoms with E-state index in [1.54, 1.807) is 6.33 Å². The van der Waals surface area contributed by atoms with E-state index in [-0.39, 0.29) is 0 Å². The number of aromatic nitrogens is 2. The maximum Gasteiger partial charge on any atom is 0.169 e. The van der Waals surface area contributed by atoms with Gasteiger partial charge in [-0.15, -0.1) is 12.6 Å². The van der Waals surface area contributed by atoms with Crippen LogP contribution in [-0.4, -0.2) is 14.3 Å². The van der Waals surface area contributed by atoms with E-state index < -0.39 is 0 Å². The largest absolute Gasteiger partial charge is 0.347 e. The van der Waals surface area contributed by atoms with Crippen molar-refractivity contribution in [1.29, 1.82) is 0 Å². The zero-order chi connectivity index (χ0) is 8.43. The topological polar surface area (TPSA) is 57.9 Å². The predicted molar refractivity (Wildman–Crippen MR) is 51.6 cm³/mol. The Kier molecular flexibility index (Phi) is 2.48. The summed E-state index contributed by atoms with van der Waals surface area (Å²) in [5.74, 6) is 6.12. The number of H-pyrrole nitrogens is 1. The van der Waals surface area contributed by atoms with E-state index in [0.717, 1.165) is 5.69 Å². The van der Waals surface area contributed by atoms with Crippen LogP contribution in [0.1, 0.15) is 5.69 Å². The molecule has 0 atom stereocenters. The molecule has 1 heterocycles. The summed E-state index contributed by atoms with van der Waals surface area (Å²) in [6.45, 7) is 1.86. The minimum absolute atomic E-state index is 0.292. The van der Waals surface area contributed by atoms with Crippen LogP contribution in [0.3, 0.4) is 0 Å². The quantitative estimate of drug-likeness (QED) is 0.262. The van der Waals surface area contributed by atoms with Crippen molar-refractivity contribution < 1.29 is 0 Å². The van der Waals surface area contributed by atoms with Crippen molar-refractivity contribution in [2.24, 2.45) is 5.84 Å². The molecular formula is C5H8N4S2. The Balaban J connectivity index is 2.92. The number of hydrazine groups is 1. The number of imidazole rings is 1. The minimum Gasteiger partial charge on any atom is -0.347 e. The lowest BCUT2D eigenvalue weighted by molar-refractivity contribution is 1.10. The molecular weight excluding hydrogens is 180 g/mol. The molecule has 0 saturated carbocycles. The molecule has 4 nitrogen and oxygen atoms in total. The van der Waals surface area contributed by atoms with E-state index in [2.05, 4.69) is 22.6 Å². The first kappa shape index (κ1) is 8.51.